The molecule has 1 atom stereocenters. The molecule has 0 spiro atoms. The van der Waals surface area contributed by atoms with E-state index in [2.05, 4.69) is 5.32 Å². The van der Waals surface area contributed by atoms with E-state index in [0.717, 1.165) is 11.3 Å². The summed E-state index contributed by atoms with van der Waals surface area (Å²) in [4.78, 5) is 26.5. The summed E-state index contributed by atoms with van der Waals surface area (Å²) >= 11 is 0. The number of carbonyl (C=O) groups is 2. The van der Waals surface area contributed by atoms with E-state index in [4.69, 9.17) is 4.74 Å². The number of anilines is 2. The van der Waals surface area contributed by atoms with Gasteiger partial charge in [0.15, 0.2) is 0 Å². The average molecular weight is 324 g/mol. The normalized spacial score (nSPS) is 17.0. The molecule has 1 N–H and O–H groups in total. The Morgan fingerprint density at radius 2 is 2.00 bits per heavy atom. The van der Waals surface area contributed by atoms with Gasteiger partial charge in [0.05, 0.1) is 18.7 Å². The molecule has 0 aliphatic carbocycles. The zero-order valence-corrected chi connectivity index (χ0v) is 13.8. The molecule has 2 amide bonds. The minimum absolute atomic E-state index is 0.0658. The summed E-state index contributed by atoms with van der Waals surface area (Å²) in [5.41, 5.74) is 2.53. The predicted octanol–water partition coefficient (Wildman–Crippen LogP) is 3.00. The van der Waals surface area contributed by atoms with Crippen molar-refractivity contribution in [3.63, 3.8) is 0 Å². The van der Waals surface area contributed by atoms with E-state index < -0.39 is 0 Å². The fourth-order valence-electron chi connectivity index (χ4n) is 2.94. The van der Waals surface area contributed by atoms with Gasteiger partial charge in [-0.15, -0.1) is 0 Å². The van der Waals surface area contributed by atoms with Crippen LogP contribution in [-0.2, 0) is 9.59 Å². The van der Waals surface area contributed by atoms with Gasteiger partial charge < -0.3 is 15.0 Å². The zero-order chi connectivity index (χ0) is 17.1. The first-order valence-electron chi connectivity index (χ1n) is 7.89. The summed E-state index contributed by atoms with van der Waals surface area (Å²) < 4.78 is 5.32. The number of hydrogen-bond acceptors (Lipinski definition) is 3. The molecule has 3 rings (SSSR count). The van der Waals surface area contributed by atoms with Crippen LogP contribution in [-0.4, -0.2) is 25.5 Å². The maximum Gasteiger partial charge on any atom is 0.229 e. The third-order valence-electron chi connectivity index (χ3n) is 4.16. The Bertz CT molecular complexity index is 773. The molecule has 124 valence electrons. The molecule has 1 aliphatic heterocycles. The number of para-hydroxylation sites is 2. The second-order valence-electron chi connectivity index (χ2n) is 5.94. The number of carbonyl (C=O) groups excluding carboxylic acids is 2. The van der Waals surface area contributed by atoms with Crippen molar-refractivity contribution in [1.29, 1.82) is 0 Å². The summed E-state index contributed by atoms with van der Waals surface area (Å²) in [5, 5.41) is 2.90. The van der Waals surface area contributed by atoms with Gasteiger partial charge >= 0.3 is 0 Å². The monoisotopic (exact) mass is 324 g/mol. The van der Waals surface area contributed by atoms with Crippen molar-refractivity contribution in [2.24, 2.45) is 5.92 Å². The highest BCUT2D eigenvalue weighted by Crippen LogP contribution is 2.33. The number of hydrogen-bond donors (Lipinski definition) is 1. The van der Waals surface area contributed by atoms with Gasteiger partial charge in [0.2, 0.25) is 11.8 Å². The lowest BCUT2D eigenvalue weighted by molar-refractivity contribution is -0.122. The maximum atomic E-state index is 12.5. The van der Waals surface area contributed by atoms with E-state index in [1.807, 2.05) is 55.5 Å². The standard InChI is InChI=1S/C19H20N2O3/c1-13-6-5-7-15(10-13)20-19(23)14-11-18(22)21(12-14)16-8-3-4-9-17(16)24-2/h3-10,14H,11-12H2,1-2H3,(H,20,23)/t14-/m1/s1. The van der Waals surface area contributed by atoms with Crippen molar-refractivity contribution >= 4 is 23.2 Å². The van der Waals surface area contributed by atoms with Crippen LogP contribution in [0.25, 0.3) is 0 Å². The van der Waals surface area contributed by atoms with Gasteiger partial charge in [0.25, 0.3) is 0 Å². The molecule has 5 nitrogen and oxygen atoms in total. The SMILES string of the molecule is COc1ccccc1N1C[C@H](C(=O)Nc2cccc(C)c2)CC1=O. The van der Waals surface area contributed by atoms with E-state index in [0.29, 0.717) is 18.0 Å². The Kier molecular flexibility index (Phi) is 4.51. The van der Waals surface area contributed by atoms with E-state index >= 15 is 0 Å². The second-order valence-corrected chi connectivity index (χ2v) is 5.94. The van der Waals surface area contributed by atoms with Crippen LogP contribution in [0.2, 0.25) is 0 Å². The highest BCUT2D eigenvalue weighted by atomic mass is 16.5. The largest absolute Gasteiger partial charge is 0.495 e. The van der Waals surface area contributed by atoms with E-state index in [1.165, 1.54) is 0 Å². The van der Waals surface area contributed by atoms with Gasteiger partial charge in [0.1, 0.15) is 5.75 Å². The molecule has 1 aliphatic rings. The lowest BCUT2D eigenvalue weighted by Crippen LogP contribution is -2.28. The topological polar surface area (TPSA) is 58.6 Å². The van der Waals surface area contributed by atoms with E-state index in [1.54, 1.807) is 12.0 Å². The molecule has 0 bridgehead atoms. The highest BCUT2D eigenvalue weighted by Gasteiger charge is 2.36. The van der Waals surface area contributed by atoms with Crippen LogP contribution in [0.4, 0.5) is 11.4 Å². The Morgan fingerprint density at radius 3 is 2.75 bits per heavy atom. The molecule has 1 fully saturated rings. The zero-order valence-electron chi connectivity index (χ0n) is 13.8. The van der Waals surface area contributed by atoms with Crippen LogP contribution in [0.1, 0.15) is 12.0 Å². The van der Waals surface area contributed by atoms with E-state index in [9.17, 15) is 9.59 Å². The van der Waals surface area contributed by atoms with Crippen molar-refractivity contribution in [3.05, 3.63) is 54.1 Å². The maximum absolute atomic E-state index is 12.5. The molecule has 5 heteroatoms. The Balaban J connectivity index is 1.73. The van der Waals surface area contributed by atoms with Crippen LogP contribution in [0.5, 0.6) is 5.75 Å². The number of amides is 2. The lowest BCUT2D eigenvalue weighted by atomic mass is 10.1. The van der Waals surface area contributed by atoms with Crippen LogP contribution in [0.3, 0.4) is 0 Å². The lowest BCUT2D eigenvalue weighted by Gasteiger charge is -2.19. The Morgan fingerprint density at radius 1 is 1.21 bits per heavy atom. The number of ether oxygens (including phenoxy) is 1. The molecular formula is C19H20N2O3. The third-order valence-corrected chi connectivity index (χ3v) is 4.16. The fraction of sp³-hybridized carbons (Fsp3) is 0.263. The number of nitrogens with one attached hydrogen (secondary N) is 1. The number of benzene rings is 2. The van der Waals surface area contributed by atoms with E-state index in [-0.39, 0.29) is 24.2 Å². The second kappa shape index (κ2) is 6.74. The quantitative estimate of drug-likeness (QED) is 0.940. The molecule has 0 radical (unpaired) electrons. The summed E-state index contributed by atoms with van der Waals surface area (Å²) in [5.74, 6) is 0.0590. The van der Waals surface area contributed by atoms with Gasteiger partial charge in [0, 0.05) is 18.7 Å². The summed E-state index contributed by atoms with van der Waals surface area (Å²) in [6, 6.07) is 15.0. The number of nitrogens with zero attached hydrogens (tertiary/aromatic N) is 1. The van der Waals surface area contributed by atoms with Crippen LogP contribution < -0.4 is 15.0 Å². The summed E-state index contributed by atoms with van der Waals surface area (Å²) in [7, 11) is 1.57. The smallest absolute Gasteiger partial charge is 0.229 e. The minimum atomic E-state index is -0.372. The number of methoxy groups -OCH3 is 1. The first-order valence-corrected chi connectivity index (χ1v) is 7.89. The van der Waals surface area contributed by atoms with Crippen LogP contribution in [0, 0.1) is 12.8 Å². The van der Waals surface area contributed by atoms with Gasteiger partial charge in [-0.3, -0.25) is 9.59 Å². The van der Waals surface area contributed by atoms with Gasteiger partial charge in [-0.2, -0.15) is 0 Å². The molecule has 2 aromatic rings. The molecule has 2 aromatic carbocycles. The van der Waals surface area contributed by atoms with Gasteiger partial charge in [-0.1, -0.05) is 24.3 Å². The summed E-state index contributed by atoms with van der Waals surface area (Å²) in [6.07, 6.45) is 0.204. The van der Waals surface area contributed by atoms with Crippen LogP contribution in [0.15, 0.2) is 48.5 Å². The average Bonchev–Trinajstić information content (AvgIpc) is 2.96. The molecular weight excluding hydrogens is 304 g/mol. The first kappa shape index (κ1) is 16.1. The number of aryl methyl sites for hydroxylation is 1. The highest BCUT2D eigenvalue weighted by molar-refractivity contribution is 6.04. The summed E-state index contributed by atoms with van der Waals surface area (Å²) in [6.45, 7) is 2.33. The van der Waals surface area contributed by atoms with Crippen molar-refractivity contribution < 1.29 is 14.3 Å². The minimum Gasteiger partial charge on any atom is -0.495 e. The van der Waals surface area contributed by atoms with Crippen molar-refractivity contribution in [3.8, 4) is 5.75 Å². The molecule has 24 heavy (non-hydrogen) atoms. The van der Waals surface area contributed by atoms with Gasteiger partial charge in [-0.05, 0) is 36.8 Å². The molecule has 0 aromatic heterocycles. The molecule has 1 heterocycles. The van der Waals surface area contributed by atoms with Crippen molar-refractivity contribution in [2.45, 2.75) is 13.3 Å². The Hall–Kier alpha value is -2.82. The molecule has 0 unspecified atom stereocenters. The molecule has 1 saturated heterocycles. The van der Waals surface area contributed by atoms with Crippen molar-refractivity contribution in [2.75, 3.05) is 23.9 Å². The number of rotatable bonds is 4. The first-order chi connectivity index (χ1) is 11.6. The third kappa shape index (κ3) is 3.25. The Labute approximate surface area is 141 Å². The van der Waals surface area contributed by atoms with Gasteiger partial charge in [-0.25, -0.2) is 0 Å². The predicted molar refractivity (Wildman–Crippen MR) is 93.3 cm³/mol. The van der Waals surface area contributed by atoms with Crippen LogP contribution >= 0.6 is 0 Å². The van der Waals surface area contributed by atoms with Crippen molar-refractivity contribution in [1.82, 2.24) is 0 Å². The molecule has 0 saturated carbocycles. The fourth-order valence-corrected chi connectivity index (χ4v) is 2.94.